The summed E-state index contributed by atoms with van der Waals surface area (Å²) in [6.07, 6.45) is -93.7. The van der Waals surface area contributed by atoms with Crippen molar-refractivity contribution in [2.45, 2.75) is 301 Å². The van der Waals surface area contributed by atoms with E-state index in [1.807, 2.05) is 0 Å². The maximum absolute atomic E-state index is 11.4. The van der Waals surface area contributed by atoms with Crippen LogP contribution in [-0.2, 0) is 80.5 Å². The van der Waals surface area contributed by atoms with Crippen molar-refractivity contribution in [2.24, 2.45) is 0 Å². The lowest BCUT2D eigenvalue weighted by Crippen LogP contribution is -2.68. The minimum Gasteiger partial charge on any atom is -0.394 e. The second-order valence-corrected chi connectivity index (χ2v) is 27.7. The van der Waals surface area contributed by atoms with Crippen molar-refractivity contribution in [1.29, 1.82) is 0 Å². The molecule has 0 aromatic heterocycles. The monoisotopic (exact) mass is 1660 g/mol. The average Bonchev–Trinajstić information content (AvgIpc) is 0.776. The van der Waals surface area contributed by atoms with E-state index in [0.717, 1.165) is 0 Å². The zero-order chi connectivity index (χ0) is 83.1. The topological polar surface area (TPSA) is 865 Å². The lowest BCUT2D eigenvalue weighted by molar-refractivity contribution is -0.395. The fourth-order valence-electron chi connectivity index (χ4n) is 13.6. The van der Waals surface area contributed by atoms with Gasteiger partial charge in [-0.3, -0.25) is 0 Å². The number of rotatable bonds is 30. The number of aliphatic hydroxyl groups is 35. The van der Waals surface area contributed by atoms with E-state index in [9.17, 15) is 179 Å². The van der Waals surface area contributed by atoms with Crippen molar-refractivity contribution in [3.05, 3.63) is 0 Å². The molecule has 49 unspecified atom stereocenters. The van der Waals surface area contributed by atoms with Gasteiger partial charge in [-0.2, -0.15) is 0 Å². The minimum atomic E-state index is -2.20. The Kier molecular flexibility index (Phi) is 36.1. The quantitative estimate of drug-likeness (QED) is 0.0318. The first-order valence-electron chi connectivity index (χ1n) is 35.2. The van der Waals surface area contributed by atoms with Crippen molar-refractivity contribution in [2.75, 3.05) is 72.7 Å². The summed E-state index contributed by atoms with van der Waals surface area (Å²) in [5.74, 6) is 0. The molecule has 9 fully saturated rings. The third-order valence-corrected chi connectivity index (χ3v) is 20.3. The molecule has 9 saturated heterocycles. The normalized spacial score (nSPS) is 50.2. The second-order valence-electron chi connectivity index (χ2n) is 27.7. The first kappa shape index (κ1) is 95.4. The van der Waals surface area contributed by atoms with Gasteiger partial charge in [-0.1, -0.05) is 0 Å². The predicted octanol–water partition coefficient (Wildman–Crippen LogP) is -24.2. The Bertz CT molecular complexity index is 2570. The van der Waals surface area contributed by atoms with E-state index in [4.69, 9.17) is 80.5 Å². The summed E-state index contributed by atoms with van der Waals surface area (Å²) in [4.78, 5) is 0. The van der Waals surface area contributed by atoms with E-state index in [1.54, 1.807) is 0 Å². The van der Waals surface area contributed by atoms with Crippen molar-refractivity contribution >= 4 is 0 Å². The summed E-state index contributed by atoms with van der Waals surface area (Å²) < 4.78 is 92.7. The summed E-state index contributed by atoms with van der Waals surface area (Å²) in [5, 5.41) is 363. The van der Waals surface area contributed by atoms with Gasteiger partial charge >= 0.3 is 0 Å². The lowest BCUT2D eigenvalue weighted by atomic mass is 9.95. The van der Waals surface area contributed by atoms with Crippen LogP contribution < -0.4 is 0 Å². The van der Waals surface area contributed by atoms with Gasteiger partial charge in [0.05, 0.1) is 72.7 Å². The maximum Gasteiger partial charge on any atom is 0.187 e. The molecular weight excluding hydrogens is 1550 g/mol. The molecule has 9 heterocycles. The van der Waals surface area contributed by atoms with Crippen LogP contribution in [0.3, 0.4) is 0 Å². The molecule has 9 aliphatic heterocycles. The largest absolute Gasteiger partial charge is 0.394 e. The van der Waals surface area contributed by atoms with Crippen LogP contribution in [0.25, 0.3) is 0 Å². The highest BCUT2D eigenvalue weighted by Gasteiger charge is 2.60. The first-order valence-corrected chi connectivity index (χ1v) is 35.2. The van der Waals surface area contributed by atoms with Crippen LogP contribution in [0, 0.1) is 0 Å². The summed E-state index contributed by atoms with van der Waals surface area (Å²) >= 11 is 0. The van der Waals surface area contributed by atoms with Crippen molar-refractivity contribution in [3.63, 3.8) is 0 Å². The molecule has 0 aromatic rings. The Morgan fingerprint density at radius 1 is 0.196 bits per heavy atom. The third-order valence-electron chi connectivity index (χ3n) is 20.3. The van der Waals surface area contributed by atoms with Gasteiger partial charge in [-0.25, -0.2) is 0 Å². The van der Waals surface area contributed by atoms with Crippen molar-refractivity contribution in [3.8, 4) is 0 Å². The number of hydrogen-bond donors (Lipinski definition) is 35. The highest BCUT2D eigenvalue weighted by Crippen LogP contribution is 2.39. The Balaban J connectivity index is 0.000000281. The molecule has 9 aliphatic rings. The second kappa shape index (κ2) is 42.4. The Labute approximate surface area is 631 Å². The SMILES string of the molecule is OCC(O)C(O)C(OC1OC(CO)C(O)C(OC2OC(CO)C(O)C(OC3OC(CO)C(O)C(OC4OC(CO)C(O)C(O)C4O)C3O)C2O)C1O)C(O)CO.OCC1OC(OC2C(O)C(CO)OC(OC3C(O)C(CO)OC(OC4C(O)C(CO)OC(OC5C(O)C(O)OC(CO)C5O)C4O)C3O)C2O)C(O)C(O)C1O. The number of aliphatic hydroxyl groups excluding tert-OH is 35. The third kappa shape index (κ3) is 20.7. The van der Waals surface area contributed by atoms with Crippen LogP contribution in [0.4, 0.5) is 0 Å². The molecule has 49 atom stereocenters. The molecule has 0 aromatic carbocycles. The average molecular weight is 1660 g/mol. The summed E-state index contributed by atoms with van der Waals surface area (Å²) in [7, 11) is 0. The predicted molar refractivity (Wildman–Crippen MR) is 335 cm³/mol. The van der Waals surface area contributed by atoms with E-state index in [2.05, 4.69) is 0 Å². The minimum absolute atomic E-state index is 0.837. The molecule has 0 bridgehead atoms. The van der Waals surface area contributed by atoms with Gasteiger partial charge in [0.15, 0.2) is 56.6 Å². The van der Waals surface area contributed by atoms with Gasteiger partial charge in [0.25, 0.3) is 0 Å². The van der Waals surface area contributed by atoms with Crippen LogP contribution in [0.1, 0.15) is 0 Å². The standard InChI is InChI=1S/C30H52O26.C30H54O26/c31-1-6-11(36)16(41)17(42)27(49-6)54-23-13(38)8(3-33)51-29(19(23)44)56-25-15(40)10(5-35)52-30(21(25)46)55-24-14(39)9(4-34)50-28(20(24)45)53-22-12(37)7(2-32)48-26(47)18(22)43;31-1-7(37)13(39)23(8(38)2-32)53-28-20(46)25(16(42)10(4-34)50-28)55-30-22(48)26(17(43)12(6-36)52-30)56-29-21(47)24(15(41)11(5-35)51-29)54-27-19(45)18(44)14(40)9(3-33)49-27/h6-47H,1-5H2;7-48H,1-6H2. The molecule has 52 heteroatoms. The lowest BCUT2D eigenvalue weighted by Gasteiger charge is -2.49. The molecular formula is C60H106O52. The fourth-order valence-corrected chi connectivity index (χ4v) is 13.6. The molecule has 0 radical (unpaired) electrons. The van der Waals surface area contributed by atoms with E-state index in [1.165, 1.54) is 0 Å². The van der Waals surface area contributed by atoms with Crippen LogP contribution in [-0.4, -0.2) is 552 Å². The fraction of sp³-hybridized carbons (Fsp3) is 1.00. The van der Waals surface area contributed by atoms with Crippen LogP contribution in [0.2, 0.25) is 0 Å². The molecule has 0 saturated carbocycles. The zero-order valence-electron chi connectivity index (χ0n) is 58.7. The molecule has 52 nitrogen and oxygen atoms in total. The summed E-state index contributed by atoms with van der Waals surface area (Å²) in [6, 6.07) is 0. The van der Waals surface area contributed by atoms with Gasteiger partial charge in [-0.05, 0) is 0 Å². The van der Waals surface area contributed by atoms with Crippen molar-refractivity contribution < 1.29 is 259 Å². The molecule has 0 spiro atoms. The van der Waals surface area contributed by atoms with Crippen LogP contribution in [0.15, 0.2) is 0 Å². The maximum atomic E-state index is 11.4. The highest BCUT2D eigenvalue weighted by molar-refractivity contribution is 5.03. The van der Waals surface area contributed by atoms with Gasteiger partial charge in [0.2, 0.25) is 0 Å². The Morgan fingerprint density at radius 3 is 0.607 bits per heavy atom. The summed E-state index contributed by atoms with van der Waals surface area (Å²) in [6.45, 7) is -10.5. The molecule has 658 valence electrons. The molecule has 9 rings (SSSR count). The highest BCUT2D eigenvalue weighted by atomic mass is 16.8. The van der Waals surface area contributed by atoms with Gasteiger partial charge in [-0.15, -0.1) is 0 Å². The summed E-state index contributed by atoms with van der Waals surface area (Å²) in [5.41, 5.74) is 0. The van der Waals surface area contributed by atoms with E-state index in [-0.39, 0.29) is 0 Å². The Morgan fingerprint density at radius 2 is 0.384 bits per heavy atom. The molecule has 112 heavy (non-hydrogen) atoms. The van der Waals surface area contributed by atoms with Gasteiger partial charge in [0.1, 0.15) is 244 Å². The zero-order valence-corrected chi connectivity index (χ0v) is 58.7. The smallest absolute Gasteiger partial charge is 0.187 e. The van der Waals surface area contributed by atoms with Crippen LogP contribution >= 0.6 is 0 Å². The van der Waals surface area contributed by atoms with Crippen molar-refractivity contribution in [1.82, 2.24) is 0 Å². The number of hydrogen-bond acceptors (Lipinski definition) is 52. The van der Waals surface area contributed by atoms with Crippen LogP contribution in [0.5, 0.6) is 0 Å². The van der Waals surface area contributed by atoms with Gasteiger partial charge < -0.3 is 259 Å². The first-order chi connectivity index (χ1) is 53.0. The van der Waals surface area contributed by atoms with E-state index < -0.39 is 373 Å². The molecule has 0 aliphatic carbocycles. The Hall–Kier alpha value is -2.08. The van der Waals surface area contributed by atoms with E-state index in [0.29, 0.717) is 0 Å². The molecule has 35 N–H and O–H groups in total. The van der Waals surface area contributed by atoms with E-state index >= 15 is 0 Å². The molecule has 0 amide bonds. The number of ether oxygens (including phenoxy) is 17. The van der Waals surface area contributed by atoms with Gasteiger partial charge in [0, 0.05) is 0 Å².